The summed E-state index contributed by atoms with van der Waals surface area (Å²) in [6.07, 6.45) is 1.95. The van der Waals surface area contributed by atoms with Gasteiger partial charge in [-0.1, -0.05) is 18.2 Å². The van der Waals surface area contributed by atoms with E-state index in [-0.39, 0.29) is 0 Å². The van der Waals surface area contributed by atoms with E-state index in [0.717, 1.165) is 0 Å². The van der Waals surface area contributed by atoms with E-state index in [2.05, 4.69) is 46.4 Å². The third kappa shape index (κ3) is 3.73. The Morgan fingerprint density at radius 2 is 1.60 bits per heavy atom. The highest BCUT2D eigenvalue weighted by Crippen LogP contribution is 2.09. The fraction of sp³-hybridized carbons (Fsp3) is 0. The van der Waals surface area contributed by atoms with Gasteiger partial charge in [-0.25, -0.2) is 0 Å². The first kappa shape index (κ1) is 11.8. The number of halogens is 2. The highest BCUT2D eigenvalue weighted by atomic mass is 35.5. The molecule has 1 N–H and O–H groups in total. The molecule has 2 rings (SSSR count). The molecule has 1 aromatic heterocycles. The fourth-order valence-electron chi connectivity index (χ4n) is 0.995. The van der Waals surface area contributed by atoms with Crippen LogP contribution < -0.4 is 0 Å². The van der Waals surface area contributed by atoms with Gasteiger partial charge in [0.25, 0.3) is 0 Å². The molecule has 0 fully saturated rings. The minimum atomic E-state index is -1.14. The van der Waals surface area contributed by atoms with E-state index in [1.54, 1.807) is 0 Å². The SMILES string of the molecule is O=C(Cl)C(=O)Cl.c1ccc2[nH]ccc2c1. The lowest BCUT2D eigenvalue weighted by atomic mass is 10.3. The lowest BCUT2D eigenvalue weighted by Crippen LogP contribution is -1.94. The van der Waals surface area contributed by atoms with Crippen molar-refractivity contribution in [3.63, 3.8) is 0 Å². The van der Waals surface area contributed by atoms with Gasteiger partial charge in [0.15, 0.2) is 0 Å². The van der Waals surface area contributed by atoms with E-state index in [0.29, 0.717) is 0 Å². The number of para-hydroxylation sites is 1. The second-order valence-corrected chi connectivity index (χ2v) is 3.30. The van der Waals surface area contributed by atoms with E-state index in [1.807, 2.05) is 18.3 Å². The molecule has 78 valence electrons. The van der Waals surface area contributed by atoms with Crippen LogP contribution in [0.1, 0.15) is 0 Å². The first-order valence-electron chi connectivity index (χ1n) is 4.02. The molecular formula is C10H7Cl2NO2. The molecule has 2 aromatic rings. The molecule has 0 unspecified atom stereocenters. The van der Waals surface area contributed by atoms with Crippen LogP contribution in [0.3, 0.4) is 0 Å². The van der Waals surface area contributed by atoms with Crippen molar-refractivity contribution < 1.29 is 9.59 Å². The molecule has 0 aliphatic carbocycles. The number of benzene rings is 1. The first-order chi connectivity index (χ1) is 7.11. The summed E-state index contributed by atoms with van der Waals surface area (Å²) in [4.78, 5) is 22.0. The molecule has 0 atom stereocenters. The maximum absolute atomic E-state index is 9.43. The normalized spacial score (nSPS) is 9.20. The summed E-state index contributed by atoms with van der Waals surface area (Å²) in [5.41, 5.74) is 1.21. The summed E-state index contributed by atoms with van der Waals surface area (Å²) in [6, 6.07) is 10.3. The third-order valence-corrected chi connectivity index (χ3v) is 2.06. The monoisotopic (exact) mass is 243 g/mol. The van der Waals surface area contributed by atoms with E-state index in [4.69, 9.17) is 0 Å². The number of aromatic amines is 1. The van der Waals surface area contributed by atoms with Crippen LogP contribution in [0.2, 0.25) is 0 Å². The molecule has 0 saturated carbocycles. The average molecular weight is 244 g/mol. The molecule has 0 radical (unpaired) electrons. The number of hydrogen-bond acceptors (Lipinski definition) is 2. The number of carbonyl (C=O) groups is 2. The Bertz CT molecular complexity index is 437. The number of nitrogens with one attached hydrogen (secondary N) is 1. The second kappa shape index (κ2) is 5.53. The zero-order valence-electron chi connectivity index (χ0n) is 7.54. The molecule has 0 bridgehead atoms. The molecule has 0 aliphatic rings. The molecule has 1 aromatic carbocycles. The van der Waals surface area contributed by atoms with Crippen LogP contribution in [0.25, 0.3) is 10.9 Å². The van der Waals surface area contributed by atoms with Crippen LogP contribution in [0.15, 0.2) is 36.5 Å². The smallest absolute Gasteiger partial charge is 0.304 e. The summed E-state index contributed by atoms with van der Waals surface area (Å²) >= 11 is 8.98. The van der Waals surface area contributed by atoms with Gasteiger partial charge in [-0.05, 0) is 40.7 Å². The van der Waals surface area contributed by atoms with Crippen LogP contribution in [-0.4, -0.2) is 15.5 Å². The maximum Gasteiger partial charge on any atom is 0.304 e. The molecule has 0 amide bonds. The molecule has 1 heterocycles. The third-order valence-electron chi connectivity index (χ3n) is 1.62. The van der Waals surface area contributed by atoms with Gasteiger partial charge in [0.1, 0.15) is 0 Å². The zero-order valence-corrected chi connectivity index (χ0v) is 9.05. The molecule has 0 saturated heterocycles. The van der Waals surface area contributed by atoms with Crippen LogP contribution >= 0.6 is 23.2 Å². The minimum absolute atomic E-state index is 1.14. The second-order valence-electron chi connectivity index (χ2n) is 2.61. The molecule has 15 heavy (non-hydrogen) atoms. The molecule has 0 aliphatic heterocycles. The number of aromatic nitrogens is 1. The van der Waals surface area contributed by atoms with Gasteiger partial charge in [0.05, 0.1) is 0 Å². The Morgan fingerprint density at radius 3 is 2.13 bits per heavy atom. The quantitative estimate of drug-likeness (QED) is 0.619. The zero-order chi connectivity index (χ0) is 11.3. The van der Waals surface area contributed by atoms with Crippen molar-refractivity contribution in [2.75, 3.05) is 0 Å². The molecule has 5 heteroatoms. The summed E-state index contributed by atoms with van der Waals surface area (Å²) in [5.74, 6) is 0. The number of fused-ring (bicyclic) bond motifs is 1. The summed E-state index contributed by atoms with van der Waals surface area (Å²) in [5, 5.41) is -1.01. The summed E-state index contributed by atoms with van der Waals surface area (Å²) in [7, 11) is 0. The Labute approximate surface area is 96.0 Å². The van der Waals surface area contributed by atoms with Crippen molar-refractivity contribution in [2.45, 2.75) is 0 Å². The fourth-order valence-corrected chi connectivity index (χ4v) is 0.995. The van der Waals surface area contributed by atoms with E-state index in [1.165, 1.54) is 10.9 Å². The first-order valence-corrected chi connectivity index (χ1v) is 4.78. The van der Waals surface area contributed by atoms with Crippen molar-refractivity contribution in [3.8, 4) is 0 Å². The van der Waals surface area contributed by atoms with E-state index < -0.39 is 10.5 Å². The predicted octanol–water partition coefficient (Wildman–Crippen LogP) is 2.69. The number of hydrogen-bond donors (Lipinski definition) is 1. The van der Waals surface area contributed by atoms with Crippen LogP contribution in [0, 0.1) is 0 Å². The Morgan fingerprint density at radius 1 is 1.00 bits per heavy atom. The maximum atomic E-state index is 9.43. The summed E-state index contributed by atoms with van der Waals surface area (Å²) < 4.78 is 0. The topological polar surface area (TPSA) is 49.9 Å². The molecular weight excluding hydrogens is 237 g/mol. The van der Waals surface area contributed by atoms with Crippen molar-refractivity contribution in [1.82, 2.24) is 4.98 Å². The van der Waals surface area contributed by atoms with Crippen molar-refractivity contribution in [1.29, 1.82) is 0 Å². The largest absolute Gasteiger partial charge is 0.361 e. The standard InChI is InChI=1S/C8H7N.C2Cl2O2/c1-2-4-8-7(3-1)5-6-9-8;3-1(5)2(4)6/h1-6,9H;. The van der Waals surface area contributed by atoms with Gasteiger partial charge in [-0.2, -0.15) is 0 Å². The van der Waals surface area contributed by atoms with Crippen molar-refractivity contribution in [2.24, 2.45) is 0 Å². The molecule has 3 nitrogen and oxygen atoms in total. The van der Waals surface area contributed by atoms with Gasteiger partial charge in [0, 0.05) is 11.7 Å². The van der Waals surface area contributed by atoms with Gasteiger partial charge in [-0.3, -0.25) is 9.59 Å². The van der Waals surface area contributed by atoms with Gasteiger partial charge in [0.2, 0.25) is 0 Å². The van der Waals surface area contributed by atoms with Crippen molar-refractivity contribution in [3.05, 3.63) is 36.5 Å². The lowest BCUT2D eigenvalue weighted by molar-refractivity contribution is -0.127. The van der Waals surface area contributed by atoms with Gasteiger partial charge in [-0.15, -0.1) is 0 Å². The predicted molar refractivity (Wildman–Crippen MR) is 60.0 cm³/mol. The highest BCUT2D eigenvalue weighted by Gasteiger charge is 2.01. The number of rotatable bonds is 1. The van der Waals surface area contributed by atoms with Gasteiger partial charge < -0.3 is 4.98 Å². The summed E-state index contributed by atoms with van der Waals surface area (Å²) in [6.45, 7) is 0. The van der Waals surface area contributed by atoms with Crippen LogP contribution in [0.4, 0.5) is 0 Å². The van der Waals surface area contributed by atoms with Gasteiger partial charge >= 0.3 is 10.5 Å². The van der Waals surface area contributed by atoms with E-state index in [9.17, 15) is 9.59 Å². The van der Waals surface area contributed by atoms with Crippen LogP contribution in [-0.2, 0) is 9.59 Å². The Hall–Kier alpha value is -1.32. The number of carbonyl (C=O) groups excluding carboxylic acids is 2. The Kier molecular flexibility index (Phi) is 4.34. The van der Waals surface area contributed by atoms with Crippen LogP contribution in [0.5, 0.6) is 0 Å². The minimum Gasteiger partial charge on any atom is -0.361 e. The van der Waals surface area contributed by atoms with Crippen molar-refractivity contribution >= 4 is 44.6 Å². The number of H-pyrrole nitrogens is 1. The lowest BCUT2D eigenvalue weighted by Gasteiger charge is -1.83. The molecule has 0 spiro atoms. The van der Waals surface area contributed by atoms with E-state index >= 15 is 0 Å². The average Bonchev–Trinajstić information content (AvgIpc) is 2.66. The Balaban J connectivity index is 0.000000167. The highest BCUT2D eigenvalue weighted by molar-refractivity contribution is 6.97.